The first-order chi connectivity index (χ1) is 48.1. The van der Waals surface area contributed by atoms with Gasteiger partial charge in [0.15, 0.2) is 11.2 Å². The van der Waals surface area contributed by atoms with Crippen LogP contribution in [0, 0.1) is 0 Å². The van der Waals surface area contributed by atoms with E-state index in [2.05, 4.69) is 211 Å². The Morgan fingerprint density at radius 3 is 1.43 bits per heavy atom. The molecule has 0 saturated carbocycles. The minimum absolute atomic E-state index is 0.810. The number of furan rings is 5. The Bertz CT molecular complexity index is 5130. The van der Waals surface area contributed by atoms with Crippen molar-refractivity contribution in [2.75, 3.05) is 0 Å². The van der Waals surface area contributed by atoms with Gasteiger partial charge in [-0.05, 0) is 155 Å². The number of fused-ring (bicyclic) bond motifs is 16. The van der Waals surface area contributed by atoms with Gasteiger partial charge in [-0.2, -0.15) is 8.75 Å². The Morgan fingerprint density at radius 1 is 0.330 bits per heavy atom. The van der Waals surface area contributed by atoms with Gasteiger partial charge in [-0.1, -0.05) is 152 Å². The Labute approximate surface area is 581 Å². The van der Waals surface area contributed by atoms with Crippen LogP contribution < -0.4 is 0 Å². The van der Waals surface area contributed by atoms with Crippen LogP contribution in [-0.2, 0) is 12.8 Å². The van der Waals surface area contributed by atoms with E-state index in [0.717, 1.165) is 57.6 Å². The van der Waals surface area contributed by atoms with E-state index < -0.39 is 0 Å². The summed E-state index contributed by atoms with van der Waals surface area (Å²) in [6.45, 7) is 0. The highest BCUT2D eigenvalue weighted by molar-refractivity contribution is 7.26. The Morgan fingerprint density at radius 2 is 0.814 bits per heavy atom. The van der Waals surface area contributed by atoms with E-state index in [9.17, 15) is 0 Å². The zero-order chi connectivity index (χ0) is 65.2. The second-order valence-electron chi connectivity index (χ2n) is 21.8. The lowest BCUT2D eigenvalue weighted by Gasteiger charge is -1.88. The van der Waals surface area contributed by atoms with Crippen LogP contribution in [-0.4, -0.2) is 18.7 Å². The zero-order valence-corrected chi connectivity index (χ0v) is 56.9. The molecule has 13 aromatic heterocycles. The smallest absolute Gasteiger partial charge is 0.172 e. The van der Waals surface area contributed by atoms with Gasteiger partial charge in [0.2, 0.25) is 0 Å². The maximum Gasteiger partial charge on any atom is 0.172 e. The lowest BCUT2D eigenvalue weighted by atomic mass is 10.2. The molecule has 0 radical (unpaired) electrons. The van der Waals surface area contributed by atoms with Gasteiger partial charge < -0.3 is 32.1 Å². The van der Waals surface area contributed by atoms with Crippen molar-refractivity contribution >= 4 is 196 Å². The second-order valence-corrected chi connectivity index (χ2v) is 27.2. The largest absolute Gasteiger partial charge is 0.465 e. The van der Waals surface area contributed by atoms with E-state index in [1.807, 2.05) is 108 Å². The molecular formula is C82H60N4O5S6. The average Bonchev–Trinajstić information content (AvgIpc) is 1.67. The summed E-state index contributed by atoms with van der Waals surface area (Å²) < 4.78 is 42.0. The van der Waals surface area contributed by atoms with Crippen molar-refractivity contribution in [3.8, 4) is 0 Å². The SMILES string of the molecule is C1=Cc2[nH]ccc2C1.C1=Cc2occc2C1.c1cc2occc2o1.c1cc2sccc2o1.c1cc2sccc2s1.c1ccc2c(c1)[nH]c1ccccc12.c1ccc2c(c1)oc1ccccc12.c1ccc2c(c1)sc1ccccc12.c1ccc2nsnc2c1.c1ccc2sccc2c1. The van der Waals surface area contributed by atoms with Crippen LogP contribution in [0.25, 0.3) is 128 Å². The number of para-hydroxylation sites is 4. The van der Waals surface area contributed by atoms with Crippen LogP contribution in [0.5, 0.6) is 0 Å². The molecule has 0 amide bonds. The van der Waals surface area contributed by atoms with Gasteiger partial charge in [0, 0.05) is 96.4 Å². The van der Waals surface area contributed by atoms with Gasteiger partial charge >= 0.3 is 0 Å². The zero-order valence-electron chi connectivity index (χ0n) is 52.0. The molecule has 23 rings (SSSR count). The summed E-state index contributed by atoms with van der Waals surface area (Å²) in [6, 6.07) is 84.4. The predicted octanol–water partition coefficient (Wildman–Crippen LogP) is 26.5. The van der Waals surface area contributed by atoms with E-state index >= 15 is 0 Å². The lowest BCUT2D eigenvalue weighted by molar-refractivity contribution is 0.556. The first-order valence-corrected chi connectivity index (χ1v) is 36.2. The molecule has 474 valence electrons. The molecule has 0 aliphatic heterocycles. The van der Waals surface area contributed by atoms with E-state index in [4.69, 9.17) is 22.1 Å². The third-order valence-electron chi connectivity index (χ3n) is 15.6. The number of thiophene rings is 5. The predicted molar refractivity (Wildman–Crippen MR) is 415 cm³/mol. The molecule has 15 heteroatoms. The third kappa shape index (κ3) is 15.8. The minimum atomic E-state index is 0.810. The highest BCUT2D eigenvalue weighted by Gasteiger charge is 2.07. The van der Waals surface area contributed by atoms with E-state index in [1.165, 1.54) is 105 Å². The molecule has 0 atom stereocenters. The van der Waals surface area contributed by atoms with Crippen LogP contribution >= 0.6 is 68.4 Å². The number of hydrogen-bond acceptors (Lipinski definition) is 13. The molecule has 97 heavy (non-hydrogen) atoms. The number of benzene rings is 8. The molecule has 0 unspecified atom stereocenters. The number of allylic oxidation sites excluding steroid dienone is 2. The van der Waals surface area contributed by atoms with Crippen molar-refractivity contribution in [1.82, 2.24) is 18.7 Å². The summed E-state index contributed by atoms with van der Waals surface area (Å²) in [5.41, 5.74) is 13.0. The van der Waals surface area contributed by atoms with Gasteiger partial charge in [-0.15, -0.1) is 56.7 Å². The molecule has 21 aromatic rings. The van der Waals surface area contributed by atoms with Crippen LogP contribution in [0.1, 0.15) is 22.6 Å². The maximum atomic E-state index is 5.65. The van der Waals surface area contributed by atoms with Crippen LogP contribution in [0.2, 0.25) is 0 Å². The number of H-pyrrole nitrogens is 2. The molecule has 8 aromatic carbocycles. The average molecular weight is 1370 g/mol. The molecule has 0 spiro atoms. The van der Waals surface area contributed by atoms with Crippen molar-refractivity contribution < 1.29 is 22.1 Å². The number of nitrogens with one attached hydrogen (secondary N) is 2. The van der Waals surface area contributed by atoms with E-state index in [1.54, 1.807) is 82.5 Å². The number of aromatic nitrogens is 4. The summed E-state index contributed by atoms with van der Waals surface area (Å²) >= 11 is 10.2. The van der Waals surface area contributed by atoms with Crippen LogP contribution in [0.3, 0.4) is 0 Å². The third-order valence-corrected chi connectivity index (χ3v) is 21.0. The van der Waals surface area contributed by atoms with Crippen molar-refractivity contribution in [3.63, 3.8) is 0 Å². The Kier molecular flexibility index (Phi) is 20.7. The minimum Gasteiger partial charge on any atom is -0.465 e. The summed E-state index contributed by atoms with van der Waals surface area (Å²) in [7, 11) is 0. The first kappa shape index (κ1) is 63.5. The maximum absolute atomic E-state index is 5.65. The van der Waals surface area contributed by atoms with Gasteiger partial charge in [0.25, 0.3) is 0 Å². The van der Waals surface area contributed by atoms with Gasteiger partial charge in [0.1, 0.15) is 33.5 Å². The Hall–Kier alpha value is -10.9. The summed E-state index contributed by atoms with van der Waals surface area (Å²) in [5.74, 6) is 1.03. The topological polar surface area (TPSA) is 123 Å². The Balaban J connectivity index is 0.0000000930. The second kappa shape index (κ2) is 31.6. The molecule has 9 nitrogen and oxygen atoms in total. The fourth-order valence-electron chi connectivity index (χ4n) is 10.9. The van der Waals surface area contributed by atoms with Crippen molar-refractivity contribution in [2.24, 2.45) is 0 Å². The highest BCUT2D eigenvalue weighted by Crippen LogP contribution is 2.34. The van der Waals surface area contributed by atoms with Crippen LogP contribution in [0.4, 0.5) is 0 Å². The molecule has 0 bridgehead atoms. The normalized spacial score (nSPS) is 11.3. The molecule has 0 fully saturated rings. The van der Waals surface area contributed by atoms with Crippen molar-refractivity contribution in [2.45, 2.75) is 12.8 Å². The molecule has 13 heterocycles. The summed E-state index contributed by atoms with van der Waals surface area (Å²) in [5, 5.41) is 17.5. The molecule has 2 N–H and O–H groups in total. The molecule has 2 aliphatic carbocycles. The quantitative estimate of drug-likeness (QED) is 0.155. The number of aromatic amines is 2. The van der Waals surface area contributed by atoms with Crippen molar-refractivity contribution in [3.05, 3.63) is 336 Å². The molecular weight excluding hydrogens is 1310 g/mol. The lowest BCUT2D eigenvalue weighted by Crippen LogP contribution is -1.70. The molecule has 0 saturated heterocycles. The number of nitrogens with zero attached hydrogens (tertiary/aromatic N) is 2. The summed E-state index contributed by atoms with van der Waals surface area (Å²) in [6.07, 6.45) is 19.2. The van der Waals surface area contributed by atoms with Crippen LogP contribution in [0.15, 0.2) is 336 Å². The van der Waals surface area contributed by atoms with Crippen molar-refractivity contribution in [1.29, 1.82) is 0 Å². The monoisotopic (exact) mass is 1370 g/mol. The number of hydrogen-bond donors (Lipinski definition) is 2. The standard InChI is InChI=1S/C12H9N.C12H8O.C12H8S.C8H6S.C7H7N.C7H6O.C6H4N2S.C6H4O2.C6H4OS.C6H4S2/c3*1-3-7-11-9(5-1)10-6-2-4-8-12(10)13-11;1-2-4-8-7(3-1)5-6-9-8;2*1-2-6-4-5-8-7(6)3-1;1-2-4-6-5(3-1)7-9-8-6;1-3-7-6-2-4-8-5(1)6;1-3-7-5-2-4-8-6(1)5;1-3-7-6-2-4-8-5(1)6/h1-8,13H;2*1-8H;1-6H;1,3-5,8H,2H2;1,3-5H,2H2;1-4H;3*1-4H. The van der Waals surface area contributed by atoms with Gasteiger partial charge in [0.05, 0.1) is 41.5 Å². The summed E-state index contributed by atoms with van der Waals surface area (Å²) in [4.78, 5) is 6.51. The molecule has 2 aliphatic rings. The first-order valence-electron chi connectivity index (χ1n) is 31.2. The fraction of sp³-hybridized carbons (Fsp3) is 0.0244. The fourth-order valence-corrected chi connectivity index (χ4v) is 15.8. The van der Waals surface area contributed by atoms with E-state index in [0.29, 0.717) is 0 Å². The van der Waals surface area contributed by atoms with Gasteiger partial charge in [-0.25, -0.2) is 0 Å². The van der Waals surface area contributed by atoms with E-state index in [-0.39, 0.29) is 0 Å². The highest BCUT2D eigenvalue weighted by atomic mass is 32.1. The number of rotatable bonds is 0. The van der Waals surface area contributed by atoms with Gasteiger partial charge in [-0.3, -0.25) is 0 Å².